The lowest BCUT2D eigenvalue weighted by Crippen LogP contribution is -2.51. The highest BCUT2D eigenvalue weighted by molar-refractivity contribution is 6.31. The van der Waals surface area contributed by atoms with Gasteiger partial charge in [0.15, 0.2) is 5.72 Å². The van der Waals surface area contributed by atoms with Gasteiger partial charge in [0.1, 0.15) is 24.1 Å². The number of nitrogens with zero attached hydrogens (tertiary/aromatic N) is 1. The van der Waals surface area contributed by atoms with Gasteiger partial charge in [-0.05, 0) is 55.0 Å². The minimum atomic E-state index is -5.07. The van der Waals surface area contributed by atoms with Crippen molar-refractivity contribution < 1.29 is 37.0 Å². The summed E-state index contributed by atoms with van der Waals surface area (Å²) in [4.78, 5) is 27.5. The Kier molecular flexibility index (Phi) is 10.6. The number of rotatable bonds is 11. The Hall–Kier alpha value is -4.91. The van der Waals surface area contributed by atoms with Crippen LogP contribution in [0.25, 0.3) is 6.08 Å². The molecule has 0 saturated heterocycles. The maximum Gasteiger partial charge on any atom is 0.573 e. The van der Waals surface area contributed by atoms with Crippen molar-refractivity contribution in [3.63, 3.8) is 0 Å². The SMILES string of the molecule is CN(C(=O)C(NC(N)=O)c1ccccc1OC(F)(F)F)C1=Cc2cc(OCc3ccccc3Cl)ccc2NC1(C)OCc1ccccc1Cl. The summed E-state index contributed by atoms with van der Waals surface area (Å²) >= 11 is 12.7. The normalized spacial score (nSPS) is 16.0. The smallest absolute Gasteiger partial charge is 0.489 e. The number of primary amides is 1. The predicted octanol–water partition coefficient (Wildman–Crippen LogP) is 8.04. The highest BCUT2D eigenvalue weighted by Gasteiger charge is 2.41. The number of fused-ring (bicyclic) bond motifs is 1. The minimum absolute atomic E-state index is 0.0160. The number of urea groups is 1. The van der Waals surface area contributed by atoms with Crippen LogP contribution in [-0.2, 0) is 22.7 Å². The summed E-state index contributed by atoms with van der Waals surface area (Å²) in [5.41, 5.74) is 6.64. The molecule has 0 spiro atoms. The van der Waals surface area contributed by atoms with Crippen LogP contribution < -0.4 is 25.8 Å². The van der Waals surface area contributed by atoms with Gasteiger partial charge in [0, 0.05) is 39.5 Å². The molecule has 14 heteroatoms. The minimum Gasteiger partial charge on any atom is -0.489 e. The van der Waals surface area contributed by atoms with Gasteiger partial charge in [0.25, 0.3) is 5.91 Å². The van der Waals surface area contributed by atoms with Crippen molar-refractivity contribution in [1.82, 2.24) is 10.2 Å². The number of alkyl halides is 3. The summed E-state index contributed by atoms with van der Waals surface area (Å²) in [6.07, 6.45) is -3.39. The number of amides is 3. The fourth-order valence-electron chi connectivity index (χ4n) is 5.27. The number of carbonyl (C=O) groups excluding carboxylic acids is 2. The van der Waals surface area contributed by atoms with Gasteiger partial charge >= 0.3 is 12.4 Å². The number of para-hydroxylation sites is 1. The summed E-state index contributed by atoms with van der Waals surface area (Å²) in [5.74, 6) is -1.03. The van der Waals surface area contributed by atoms with Crippen LogP contribution in [0.3, 0.4) is 0 Å². The van der Waals surface area contributed by atoms with Crippen LogP contribution in [0, 0.1) is 0 Å². The van der Waals surface area contributed by atoms with Gasteiger partial charge in [-0.3, -0.25) is 4.79 Å². The molecule has 0 aliphatic carbocycles. The van der Waals surface area contributed by atoms with Crippen LogP contribution in [-0.4, -0.2) is 36.0 Å². The van der Waals surface area contributed by atoms with E-state index in [0.717, 1.165) is 11.6 Å². The van der Waals surface area contributed by atoms with Crippen LogP contribution in [0.4, 0.5) is 23.7 Å². The average Bonchev–Trinajstić information content (AvgIpc) is 3.05. The van der Waals surface area contributed by atoms with Gasteiger partial charge in [-0.2, -0.15) is 0 Å². The highest BCUT2D eigenvalue weighted by Crippen LogP contribution is 2.40. The fourth-order valence-corrected chi connectivity index (χ4v) is 5.66. The molecular formula is C35H31Cl2F3N4O5. The second-order valence-electron chi connectivity index (χ2n) is 11.1. The highest BCUT2D eigenvalue weighted by atomic mass is 35.5. The standard InChI is InChI=1S/C35H31Cl2F3N4O5/c1-34(48-20-22-10-4-7-13-27(22)37)30(18-23-17-24(15-16-28(23)43-34)47-19-21-9-3-6-12-26(21)36)44(2)32(45)31(42-33(41)46)25-11-5-8-14-29(25)49-35(38,39)40/h3-18,31,43H,19-20H2,1-2H3,(H3,41,42,46). The molecule has 3 amide bonds. The Balaban J connectivity index is 1.53. The number of carbonyl (C=O) groups is 2. The zero-order chi connectivity index (χ0) is 35.3. The number of halogens is 5. The number of hydrogen-bond donors (Lipinski definition) is 3. The molecule has 2 unspecified atom stereocenters. The molecule has 1 heterocycles. The first-order valence-electron chi connectivity index (χ1n) is 14.8. The molecule has 0 aromatic heterocycles. The summed E-state index contributed by atoms with van der Waals surface area (Å²) in [6, 6.07) is 21.8. The van der Waals surface area contributed by atoms with E-state index in [2.05, 4.69) is 15.4 Å². The molecule has 9 nitrogen and oxygen atoms in total. The molecule has 2 atom stereocenters. The number of anilines is 1. The summed E-state index contributed by atoms with van der Waals surface area (Å²) in [6.45, 7) is 1.89. The Bertz CT molecular complexity index is 1890. The summed E-state index contributed by atoms with van der Waals surface area (Å²) < 4.78 is 56.5. The van der Waals surface area contributed by atoms with Crippen LogP contribution in [0.15, 0.2) is 96.7 Å². The van der Waals surface area contributed by atoms with Crippen molar-refractivity contribution in [3.8, 4) is 11.5 Å². The molecule has 0 bridgehead atoms. The first kappa shape index (κ1) is 35.4. The maximum absolute atomic E-state index is 14.2. The number of nitrogens with one attached hydrogen (secondary N) is 2. The van der Waals surface area contributed by atoms with Crippen molar-refractivity contribution in [1.29, 1.82) is 0 Å². The second-order valence-corrected chi connectivity index (χ2v) is 11.9. The third kappa shape index (κ3) is 8.58. The monoisotopic (exact) mass is 714 g/mol. The topological polar surface area (TPSA) is 115 Å². The van der Waals surface area contributed by atoms with E-state index in [1.165, 1.54) is 30.1 Å². The second kappa shape index (κ2) is 14.7. The van der Waals surface area contributed by atoms with E-state index in [9.17, 15) is 22.8 Å². The Labute approximate surface area is 290 Å². The first-order valence-corrected chi connectivity index (χ1v) is 15.6. The quantitative estimate of drug-likeness (QED) is 0.145. The lowest BCUT2D eigenvalue weighted by atomic mass is 9.97. The Morgan fingerprint density at radius 3 is 2.18 bits per heavy atom. The van der Waals surface area contributed by atoms with Gasteiger partial charge in [0.2, 0.25) is 0 Å². The molecule has 1 aliphatic rings. The van der Waals surface area contributed by atoms with Crippen molar-refractivity contribution in [2.24, 2.45) is 5.73 Å². The molecule has 49 heavy (non-hydrogen) atoms. The Morgan fingerprint density at radius 2 is 1.55 bits per heavy atom. The lowest BCUT2D eigenvalue weighted by molar-refractivity contribution is -0.275. The molecule has 256 valence electrons. The summed E-state index contributed by atoms with van der Waals surface area (Å²) in [5, 5.41) is 6.61. The van der Waals surface area contributed by atoms with Crippen LogP contribution in [0.5, 0.6) is 11.5 Å². The van der Waals surface area contributed by atoms with Gasteiger partial charge in [0.05, 0.1) is 12.3 Å². The van der Waals surface area contributed by atoms with Gasteiger partial charge in [-0.25, -0.2) is 4.79 Å². The molecule has 4 aromatic rings. The van der Waals surface area contributed by atoms with Crippen LogP contribution in [0.2, 0.25) is 10.0 Å². The first-order chi connectivity index (χ1) is 23.2. The molecule has 1 aliphatic heterocycles. The van der Waals surface area contributed by atoms with E-state index in [4.69, 9.17) is 38.4 Å². The number of likely N-dealkylation sites (N-methyl/N-ethyl adjacent to an activating group) is 1. The maximum atomic E-state index is 14.2. The van der Waals surface area contributed by atoms with E-state index < -0.39 is 35.8 Å². The van der Waals surface area contributed by atoms with E-state index in [1.54, 1.807) is 61.5 Å². The zero-order valence-corrected chi connectivity index (χ0v) is 27.7. The van der Waals surface area contributed by atoms with Crippen LogP contribution >= 0.6 is 23.2 Å². The molecule has 4 aromatic carbocycles. The van der Waals surface area contributed by atoms with Crippen LogP contribution in [0.1, 0.15) is 35.2 Å². The lowest BCUT2D eigenvalue weighted by Gasteiger charge is -2.42. The molecule has 0 saturated carbocycles. The van der Waals surface area contributed by atoms with E-state index in [1.807, 2.05) is 18.2 Å². The fraction of sp³-hybridized carbons (Fsp3) is 0.200. The molecule has 5 rings (SSSR count). The number of benzene rings is 4. The van der Waals surface area contributed by atoms with Crippen molar-refractivity contribution >= 4 is 46.9 Å². The molecule has 4 N–H and O–H groups in total. The van der Waals surface area contributed by atoms with Crippen molar-refractivity contribution in [2.75, 3.05) is 12.4 Å². The molecule has 0 fully saturated rings. The largest absolute Gasteiger partial charge is 0.573 e. The van der Waals surface area contributed by atoms with E-state index in [0.29, 0.717) is 32.6 Å². The van der Waals surface area contributed by atoms with E-state index in [-0.39, 0.29) is 24.5 Å². The number of ether oxygens (including phenoxy) is 3. The number of hydrogen-bond acceptors (Lipinski definition) is 6. The predicted molar refractivity (Wildman–Crippen MR) is 180 cm³/mol. The third-order valence-corrected chi connectivity index (χ3v) is 8.42. The summed E-state index contributed by atoms with van der Waals surface area (Å²) in [7, 11) is 1.40. The van der Waals surface area contributed by atoms with Gasteiger partial charge in [-0.15, -0.1) is 13.2 Å². The van der Waals surface area contributed by atoms with E-state index >= 15 is 0 Å². The van der Waals surface area contributed by atoms with Gasteiger partial charge < -0.3 is 35.5 Å². The van der Waals surface area contributed by atoms with Crippen molar-refractivity contribution in [2.45, 2.75) is 38.3 Å². The van der Waals surface area contributed by atoms with Crippen molar-refractivity contribution in [3.05, 3.63) is 129 Å². The third-order valence-electron chi connectivity index (χ3n) is 7.68. The average molecular weight is 716 g/mol. The van der Waals surface area contributed by atoms with Gasteiger partial charge in [-0.1, -0.05) is 77.8 Å². The Morgan fingerprint density at radius 1 is 0.939 bits per heavy atom. The number of nitrogens with two attached hydrogens (primary N) is 1. The molecule has 0 radical (unpaired) electrons. The zero-order valence-electron chi connectivity index (χ0n) is 26.2. The molecular weight excluding hydrogens is 684 g/mol.